The van der Waals surface area contributed by atoms with Gasteiger partial charge in [-0.15, -0.1) is 11.8 Å². The lowest BCUT2D eigenvalue weighted by atomic mass is 10.1. The highest BCUT2D eigenvalue weighted by Gasteiger charge is 2.48. The Hall–Kier alpha value is -1.15. The molecule has 0 aromatic carbocycles. The second kappa shape index (κ2) is 6.54. The van der Waals surface area contributed by atoms with E-state index in [0.717, 1.165) is 25.9 Å². The van der Waals surface area contributed by atoms with E-state index in [-0.39, 0.29) is 22.9 Å². The van der Waals surface area contributed by atoms with Crippen molar-refractivity contribution in [3.63, 3.8) is 0 Å². The second-order valence-electron chi connectivity index (χ2n) is 5.52. The van der Waals surface area contributed by atoms with Crippen LogP contribution in [0.15, 0.2) is 9.93 Å². The van der Waals surface area contributed by atoms with Crippen LogP contribution < -0.4 is 0 Å². The third-order valence-electron chi connectivity index (χ3n) is 4.04. The second-order valence-corrected chi connectivity index (χ2v) is 8.07. The first-order valence-corrected chi connectivity index (χ1v) is 9.31. The van der Waals surface area contributed by atoms with Crippen LogP contribution in [0.2, 0.25) is 0 Å². The van der Waals surface area contributed by atoms with E-state index in [2.05, 4.69) is 0 Å². The maximum absolute atomic E-state index is 12.1. The Morgan fingerprint density at radius 1 is 1.27 bits per heavy atom. The molecule has 3 rings (SSSR count). The van der Waals surface area contributed by atoms with E-state index < -0.39 is 5.97 Å². The summed E-state index contributed by atoms with van der Waals surface area (Å²) < 4.78 is 0.662. The Labute approximate surface area is 137 Å². The van der Waals surface area contributed by atoms with Gasteiger partial charge in [-0.2, -0.15) is 0 Å². The number of rotatable bonds is 5. The quantitative estimate of drug-likeness (QED) is 0.766. The van der Waals surface area contributed by atoms with Crippen LogP contribution in [0.5, 0.6) is 0 Å². The Morgan fingerprint density at radius 2 is 2.00 bits per heavy atom. The normalized spacial score (nSPS) is 24.4. The molecule has 2 saturated heterocycles. The topological polar surface area (TPSA) is 77.9 Å². The number of amides is 2. The zero-order valence-corrected chi connectivity index (χ0v) is 13.8. The molecule has 0 unspecified atom stereocenters. The van der Waals surface area contributed by atoms with Crippen molar-refractivity contribution in [2.45, 2.75) is 37.5 Å². The van der Waals surface area contributed by atoms with Crippen LogP contribution in [0.25, 0.3) is 0 Å². The highest BCUT2D eigenvalue weighted by molar-refractivity contribution is 8.22. The number of thioether (sulfide) groups is 2. The molecule has 3 aliphatic rings. The van der Waals surface area contributed by atoms with Crippen molar-refractivity contribution >= 4 is 41.3 Å². The molecule has 120 valence electrons. The molecule has 1 atom stereocenters. The Morgan fingerprint density at radius 3 is 2.64 bits per heavy atom. The molecule has 0 aromatic heterocycles. The van der Waals surface area contributed by atoms with E-state index >= 15 is 0 Å². The lowest BCUT2D eigenvalue weighted by Crippen LogP contribution is -2.48. The van der Waals surface area contributed by atoms with Gasteiger partial charge >= 0.3 is 5.97 Å². The van der Waals surface area contributed by atoms with Crippen LogP contribution in [0.3, 0.4) is 0 Å². The maximum Gasteiger partial charge on any atom is 0.354 e. The monoisotopic (exact) mass is 342 g/mol. The number of hydrogen-bond acceptors (Lipinski definition) is 5. The van der Waals surface area contributed by atoms with Crippen molar-refractivity contribution in [3.05, 3.63) is 9.93 Å². The van der Waals surface area contributed by atoms with Gasteiger partial charge < -0.3 is 10.0 Å². The predicted molar refractivity (Wildman–Crippen MR) is 85.0 cm³/mol. The van der Waals surface area contributed by atoms with Crippen molar-refractivity contribution in [2.24, 2.45) is 0 Å². The van der Waals surface area contributed by atoms with Crippen LogP contribution in [0.4, 0.5) is 0 Å². The summed E-state index contributed by atoms with van der Waals surface area (Å²) in [6, 6.07) is 0. The number of fused-ring (bicyclic) bond motifs is 1. The fourth-order valence-corrected chi connectivity index (χ4v) is 5.59. The molecule has 0 spiro atoms. The molecular formula is C14H18N2O4S2. The summed E-state index contributed by atoms with van der Waals surface area (Å²) in [5, 5.41) is 9.23. The smallest absolute Gasteiger partial charge is 0.354 e. The molecule has 8 heteroatoms. The molecule has 0 saturated carbocycles. The number of piperidine rings is 1. The number of likely N-dealkylation sites (tertiary alicyclic amines) is 1. The number of carboxylic acids is 1. The van der Waals surface area contributed by atoms with E-state index in [1.54, 1.807) is 0 Å². The fraction of sp³-hybridized carbons (Fsp3) is 0.643. The van der Waals surface area contributed by atoms with E-state index in [9.17, 15) is 19.5 Å². The number of carboxylic acid groups (broad SMARTS) is 1. The van der Waals surface area contributed by atoms with Gasteiger partial charge in [0.1, 0.15) is 0 Å². The highest BCUT2D eigenvalue weighted by atomic mass is 32.2. The van der Waals surface area contributed by atoms with Gasteiger partial charge in [-0.1, -0.05) is 11.8 Å². The summed E-state index contributed by atoms with van der Waals surface area (Å²) >= 11 is 2.81. The number of β-lactam (4-membered cyclic amide) rings is 1. The Bertz CT molecular complexity index is 543. The minimum Gasteiger partial charge on any atom is -0.477 e. The number of carbonyl (C=O) groups excluding carboxylic acids is 2. The van der Waals surface area contributed by atoms with Gasteiger partial charge in [0.15, 0.2) is 5.70 Å². The first-order chi connectivity index (χ1) is 10.6. The van der Waals surface area contributed by atoms with E-state index in [1.807, 2.05) is 4.90 Å². The molecule has 0 aliphatic carbocycles. The van der Waals surface area contributed by atoms with Crippen LogP contribution in [0, 0.1) is 0 Å². The van der Waals surface area contributed by atoms with Gasteiger partial charge in [0, 0.05) is 25.3 Å². The lowest BCUT2D eigenvalue weighted by molar-refractivity contribution is -0.145. The van der Waals surface area contributed by atoms with Crippen molar-refractivity contribution in [3.8, 4) is 0 Å². The average molecular weight is 342 g/mol. The van der Waals surface area contributed by atoms with Crippen molar-refractivity contribution in [1.82, 2.24) is 9.80 Å². The number of aliphatic carboxylic acids is 1. The zero-order valence-electron chi connectivity index (χ0n) is 12.1. The molecule has 0 bridgehead atoms. The number of hydrogen-bond donors (Lipinski definition) is 1. The highest BCUT2D eigenvalue weighted by Crippen LogP contribution is 2.50. The van der Waals surface area contributed by atoms with Crippen molar-refractivity contribution < 1.29 is 19.5 Å². The summed E-state index contributed by atoms with van der Waals surface area (Å²) in [7, 11) is 0. The molecule has 2 fully saturated rings. The summed E-state index contributed by atoms with van der Waals surface area (Å²) in [5.74, 6) is -0.488. The minimum absolute atomic E-state index is 0.0566. The third kappa shape index (κ3) is 2.99. The van der Waals surface area contributed by atoms with Crippen LogP contribution in [-0.4, -0.2) is 56.9 Å². The van der Waals surface area contributed by atoms with Gasteiger partial charge in [-0.25, -0.2) is 4.79 Å². The molecule has 2 amide bonds. The molecule has 3 aliphatic heterocycles. The van der Waals surface area contributed by atoms with Gasteiger partial charge in [0.2, 0.25) is 11.8 Å². The van der Waals surface area contributed by atoms with Gasteiger partial charge in [0.25, 0.3) is 0 Å². The first kappa shape index (κ1) is 15.7. The Balaban J connectivity index is 1.54. The summed E-state index contributed by atoms with van der Waals surface area (Å²) in [5.41, 5.74) is 0.0988. The summed E-state index contributed by atoms with van der Waals surface area (Å²) in [6.45, 7) is 1.68. The first-order valence-electron chi connectivity index (χ1n) is 7.45. The standard InChI is InChI=1S/C14H18N2O4S2/c17-9(15-5-2-1-3-6-15)4-7-21-14-12(13(19)20)16-10(18)8-11(16)22-14/h11H,1-8H2,(H,19,20)/t11-/m0/s1. The van der Waals surface area contributed by atoms with Crippen LogP contribution in [0.1, 0.15) is 32.1 Å². The van der Waals surface area contributed by atoms with Crippen LogP contribution in [-0.2, 0) is 14.4 Å². The summed E-state index contributed by atoms with van der Waals surface area (Å²) in [4.78, 5) is 38.2. The number of nitrogens with zero attached hydrogens (tertiary/aromatic N) is 2. The number of carbonyl (C=O) groups is 3. The van der Waals surface area contributed by atoms with Gasteiger partial charge in [0.05, 0.1) is 16.0 Å². The molecule has 1 N–H and O–H groups in total. The SMILES string of the molecule is O=C(O)C1=C(SCCC(=O)N2CCCCC2)S[C@H]2CC(=O)N12. The average Bonchev–Trinajstić information content (AvgIpc) is 2.80. The minimum atomic E-state index is -1.06. The third-order valence-corrected chi connectivity index (χ3v) is 6.61. The lowest BCUT2D eigenvalue weighted by Gasteiger charge is -2.33. The molecule has 0 radical (unpaired) electrons. The van der Waals surface area contributed by atoms with Gasteiger partial charge in [-0.05, 0) is 19.3 Å². The Kier molecular flexibility index (Phi) is 4.67. The molecule has 22 heavy (non-hydrogen) atoms. The predicted octanol–water partition coefficient (Wildman–Crippen LogP) is 1.68. The molecule has 6 nitrogen and oxygen atoms in total. The van der Waals surface area contributed by atoms with Crippen molar-refractivity contribution in [2.75, 3.05) is 18.8 Å². The largest absolute Gasteiger partial charge is 0.477 e. The van der Waals surface area contributed by atoms with Gasteiger partial charge in [-0.3, -0.25) is 14.5 Å². The summed E-state index contributed by atoms with van der Waals surface area (Å²) in [6.07, 6.45) is 4.15. The molecule has 0 aromatic rings. The fourth-order valence-electron chi connectivity index (χ4n) is 2.85. The zero-order chi connectivity index (χ0) is 15.7. The van der Waals surface area contributed by atoms with E-state index in [0.29, 0.717) is 22.8 Å². The van der Waals surface area contributed by atoms with Crippen LogP contribution >= 0.6 is 23.5 Å². The van der Waals surface area contributed by atoms with E-state index in [1.165, 1.54) is 34.8 Å². The maximum atomic E-state index is 12.1. The van der Waals surface area contributed by atoms with Crippen molar-refractivity contribution in [1.29, 1.82) is 0 Å². The van der Waals surface area contributed by atoms with E-state index in [4.69, 9.17) is 0 Å². The molecular weight excluding hydrogens is 324 g/mol. The molecule has 3 heterocycles.